The molecule has 0 heterocycles. The van der Waals surface area contributed by atoms with Crippen LogP contribution in [0.15, 0.2) is 18.2 Å². The van der Waals surface area contributed by atoms with E-state index in [1.807, 2.05) is 12.1 Å². The van der Waals surface area contributed by atoms with Crippen LogP contribution in [0.2, 0.25) is 10.0 Å². The molecular weight excluding hydrogens is 299 g/mol. The first kappa shape index (κ1) is 14.9. The number of thiocarbonyl (C=S) groups is 1. The van der Waals surface area contributed by atoms with Crippen molar-refractivity contribution in [2.75, 3.05) is 5.32 Å². The van der Waals surface area contributed by atoms with E-state index in [2.05, 4.69) is 17.6 Å². The summed E-state index contributed by atoms with van der Waals surface area (Å²) in [5.41, 5.74) is 0.745. The number of benzene rings is 1. The predicted octanol–water partition coefficient (Wildman–Crippen LogP) is 4.86. The zero-order valence-electron chi connectivity index (χ0n) is 10.9. The topological polar surface area (TPSA) is 24.1 Å². The highest BCUT2D eigenvalue weighted by molar-refractivity contribution is 7.80. The lowest BCUT2D eigenvalue weighted by Gasteiger charge is -2.30. The van der Waals surface area contributed by atoms with Crippen molar-refractivity contribution in [1.29, 1.82) is 0 Å². The maximum absolute atomic E-state index is 6.13. The van der Waals surface area contributed by atoms with E-state index in [9.17, 15) is 0 Å². The highest BCUT2D eigenvalue weighted by Crippen LogP contribution is 2.29. The molecule has 0 spiro atoms. The Morgan fingerprint density at radius 3 is 2.74 bits per heavy atom. The normalized spacial score (nSPS) is 22.9. The average Bonchev–Trinajstić information content (AvgIpc) is 2.38. The van der Waals surface area contributed by atoms with Gasteiger partial charge in [-0.2, -0.15) is 0 Å². The van der Waals surface area contributed by atoms with E-state index in [0.29, 0.717) is 27.1 Å². The van der Waals surface area contributed by atoms with Crippen molar-refractivity contribution in [3.63, 3.8) is 0 Å². The molecule has 1 aliphatic rings. The van der Waals surface area contributed by atoms with Gasteiger partial charge in [0.25, 0.3) is 0 Å². The van der Waals surface area contributed by atoms with Gasteiger partial charge in [0.05, 0.1) is 15.7 Å². The van der Waals surface area contributed by atoms with E-state index in [4.69, 9.17) is 35.4 Å². The summed E-state index contributed by atoms with van der Waals surface area (Å²) < 4.78 is 0. The Morgan fingerprint density at radius 2 is 2.00 bits per heavy atom. The lowest BCUT2D eigenvalue weighted by molar-refractivity contribution is 0.309. The largest absolute Gasteiger partial charge is 0.359 e. The minimum Gasteiger partial charge on any atom is -0.359 e. The summed E-state index contributed by atoms with van der Waals surface area (Å²) >= 11 is 17.5. The standard InChI is InChI=1S/C14H18Cl2N2S/c1-9-5-2-3-7-11(9)17-14(19)18-12-8-4-6-10(15)13(12)16/h4,6,8-9,11H,2-3,5,7H2,1H3,(H2,17,18,19)/t9-,11-/m1/s1. The van der Waals surface area contributed by atoms with Crippen molar-refractivity contribution in [1.82, 2.24) is 5.32 Å². The molecule has 0 unspecified atom stereocenters. The molecule has 2 N–H and O–H groups in total. The number of halogens is 2. The second-order valence-electron chi connectivity index (χ2n) is 5.07. The fourth-order valence-electron chi connectivity index (χ4n) is 2.46. The van der Waals surface area contributed by atoms with Gasteiger partial charge < -0.3 is 10.6 Å². The Hall–Kier alpha value is -0.510. The van der Waals surface area contributed by atoms with Gasteiger partial charge in [0.15, 0.2) is 5.11 Å². The van der Waals surface area contributed by atoms with Crippen LogP contribution in [0.5, 0.6) is 0 Å². The van der Waals surface area contributed by atoms with E-state index in [1.54, 1.807) is 6.07 Å². The smallest absolute Gasteiger partial charge is 0.171 e. The first-order valence-corrected chi connectivity index (χ1v) is 7.76. The third kappa shape index (κ3) is 3.98. The van der Waals surface area contributed by atoms with Crippen LogP contribution in [0.25, 0.3) is 0 Å². The van der Waals surface area contributed by atoms with Gasteiger partial charge in [0.1, 0.15) is 0 Å². The predicted molar refractivity (Wildman–Crippen MR) is 87.2 cm³/mol. The van der Waals surface area contributed by atoms with Crippen molar-refractivity contribution in [3.8, 4) is 0 Å². The summed E-state index contributed by atoms with van der Waals surface area (Å²) in [6, 6.07) is 5.93. The zero-order valence-corrected chi connectivity index (χ0v) is 13.2. The van der Waals surface area contributed by atoms with Gasteiger partial charge in [-0.05, 0) is 43.1 Å². The third-order valence-corrected chi connectivity index (χ3v) is 4.67. The van der Waals surface area contributed by atoms with E-state index < -0.39 is 0 Å². The summed E-state index contributed by atoms with van der Waals surface area (Å²) in [4.78, 5) is 0. The fraction of sp³-hybridized carbons (Fsp3) is 0.500. The highest BCUT2D eigenvalue weighted by atomic mass is 35.5. The Kier molecular flexibility index (Phi) is 5.31. The van der Waals surface area contributed by atoms with Crippen LogP contribution >= 0.6 is 35.4 Å². The number of hydrogen-bond acceptors (Lipinski definition) is 1. The summed E-state index contributed by atoms with van der Waals surface area (Å²) in [6.45, 7) is 2.27. The van der Waals surface area contributed by atoms with Crippen molar-refractivity contribution in [2.45, 2.75) is 38.6 Å². The molecule has 5 heteroatoms. The molecule has 19 heavy (non-hydrogen) atoms. The average molecular weight is 317 g/mol. The van der Waals surface area contributed by atoms with E-state index in [1.165, 1.54) is 25.7 Å². The quantitative estimate of drug-likeness (QED) is 0.762. The molecule has 2 nitrogen and oxygen atoms in total. The molecule has 2 rings (SSSR count). The van der Waals surface area contributed by atoms with Crippen molar-refractivity contribution < 1.29 is 0 Å². The Bertz CT molecular complexity index is 465. The van der Waals surface area contributed by atoms with Crippen molar-refractivity contribution >= 4 is 46.2 Å². The Labute approximate surface area is 129 Å². The number of nitrogens with one attached hydrogen (secondary N) is 2. The molecule has 0 aliphatic heterocycles. The van der Waals surface area contributed by atoms with Crippen LogP contribution in [0.4, 0.5) is 5.69 Å². The molecule has 104 valence electrons. The monoisotopic (exact) mass is 316 g/mol. The molecule has 0 bridgehead atoms. The number of rotatable bonds is 2. The van der Waals surface area contributed by atoms with Crippen LogP contribution in [0.1, 0.15) is 32.6 Å². The molecule has 1 fully saturated rings. The molecule has 1 aliphatic carbocycles. The molecule has 0 aromatic heterocycles. The summed E-state index contributed by atoms with van der Waals surface area (Å²) in [7, 11) is 0. The van der Waals surface area contributed by atoms with Crippen LogP contribution in [-0.2, 0) is 0 Å². The molecule has 1 aromatic rings. The van der Waals surface area contributed by atoms with E-state index in [0.717, 1.165) is 5.69 Å². The lowest BCUT2D eigenvalue weighted by atomic mass is 9.86. The molecule has 0 saturated heterocycles. The molecular formula is C14H18Cl2N2S. The van der Waals surface area contributed by atoms with Gasteiger partial charge in [-0.1, -0.05) is 49.0 Å². The molecule has 1 aromatic carbocycles. The second-order valence-corrected chi connectivity index (χ2v) is 6.26. The first-order valence-electron chi connectivity index (χ1n) is 6.59. The molecule has 0 radical (unpaired) electrons. The van der Waals surface area contributed by atoms with Gasteiger partial charge in [0.2, 0.25) is 0 Å². The Morgan fingerprint density at radius 1 is 1.26 bits per heavy atom. The van der Waals surface area contributed by atoms with Gasteiger partial charge in [-0.25, -0.2) is 0 Å². The SMILES string of the molecule is C[C@@H]1CCCC[C@H]1NC(=S)Nc1cccc(Cl)c1Cl. The number of hydrogen-bond donors (Lipinski definition) is 2. The molecule has 2 atom stereocenters. The van der Waals surface area contributed by atoms with Crippen LogP contribution in [-0.4, -0.2) is 11.2 Å². The van der Waals surface area contributed by atoms with Crippen LogP contribution in [0.3, 0.4) is 0 Å². The second kappa shape index (κ2) is 6.78. The van der Waals surface area contributed by atoms with Crippen molar-refractivity contribution in [2.24, 2.45) is 5.92 Å². The first-order chi connectivity index (χ1) is 9.08. The molecule has 0 amide bonds. The zero-order chi connectivity index (χ0) is 13.8. The van der Waals surface area contributed by atoms with Crippen molar-refractivity contribution in [3.05, 3.63) is 28.2 Å². The fourth-order valence-corrected chi connectivity index (χ4v) is 3.07. The van der Waals surface area contributed by atoms with Crippen LogP contribution in [0, 0.1) is 5.92 Å². The van der Waals surface area contributed by atoms with Gasteiger partial charge in [-0.3, -0.25) is 0 Å². The highest BCUT2D eigenvalue weighted by Gasteiger charge is 2.21. The summed E-state index contributed by atoms with van der Waals surface area (Å²) in [5, 5.41) is 8.15. The lowest BCUT2D eigenvalue weighted by Crippen LogP contribution is -2.43. The maximum Gasteiger partial charge on any atom is 0.171 e. The number of anilines is 1. The third-order valence-electron chi connectivity index (χ3n) is 3.63. The minimum atomic E-state index is 0.451. The van der Waals surface area contributed by atoms with Gasteiger partial charge in [-0.15, -0.1) is 0 Å². The molecule has 1 saturated carbocycles. The summed E-state index contributed by atoms with van der Waals surface area (Å²) in [6.07, 6.45) is 5.02. The Balaban J connectivity index is 1.95. The minimum absolute atomic E-state index is 0.451. The summed E-state index contributed by atoms with van der Waals surface area (Å²) in [5.74, 6) is 0.656. The van der Waals surface area contributed by atoms with Gasteiger partial charge in [0, 0.05) is 6.04 Å². The van der Waals surface area contributed by atoms with Crippen LogP contribution < -0.4 is 10.6 Å². The maximum atomic E-state index is 6.13. The van der Waals surface area contributed by atoms with Gasteiger partial charge >= 0.3 is 0 Å². The van der Waals surface area contributed by atoms with E-state index in [-0.39, 0.29) is 0 Å². The van der Waals surface area contributed by atoms with E-state index >= 15 is 0 Å².